The highest BCUT2D eigenvalue weighted by molar-refractivity contribution is 5.74. The summed E-state index contributed by atoms with van der Waals surface area (Å²) in [5, 5.41) is 9.22. The van der Waals surface area contributed by atoms with Gasteiger partial charge in [0.1, 0.15) is 5.82 Å². The average Bonchev–Trinajstić information content (AvgIpc) is 2.76. The maximum atomic E-state index is 12.8. The summed E-state index contributed by atoms with van der Waals surface area (Å²) in [4.78, 5) is 13.4. The molecule has 1 aromatic carbocycles. The van der Waals surface area contributed by atoms with E-state index in [0.29, 0.717) is 13.0 Å². The van der Waals surface area contributed by atoms with E-state index in [0.717, 1.165) is 18.5 Å². The van der Waals surface area contributed by atoms with Gasteiger partial charge in [0.2, 0.25) is 0 Å². The van der Waals surface area contributed by atoms with E-state index in [1.807, 2.05) is 0 Å². The molecule has 1 aliphatic heterocycles. The number of carboxylic acids is 1. The highest BCUT2D eigenvalue weighted by atomic mass is 19.1. The Morgan fingerprint density at radius 1 is 1.47 bits per heavy atom. The average molecular weight is 265 g/mol. The van der Waals surface area contributed by atoms with Crippen LogP contribution < -0.4 is 0 Å². The Kier molecular flexibility index (Phi) is 3.90. The molecule has 2 unspecified atom stereocenters. The van der Waals surface area contributed by atoms with Crippen molar-refractivity contribution in [3.8, 4) is 0 Å². The summed E-state index contributed by atoms with van der Waals surface area (Å²) in [6, 6.07) is 6.78. The molecule has 1 fully saturated rings. The number of hydrogen-bond donors (Lipinski definition) is 1. The summed E-state index contributed by atoms with van der Waals surface area (Å²) >= 11 is 0. The summed E-state index contributed by atoms with van der Waals surface area (Å²) in [7, 11) is 0. The van der Waals surface area contributed by atoms with Gasteiger partial charge in [-0.05, 0) is 50.9 Å². The third-order valence-electron chi connectivity index (χ3n) is 4.09. The Bertz CT molecular complexity index is 460. The SMILES string of the molecule is CC(Cc1ccc(F)cc1)N1CCC(C)(C(=O)O)C1. The minimum Gasteiger partial charge on any atom is -0.481 e. The van der Waals surface area contributed by atoms with Crippen LogP contribution >= 0.6 is 0 Å². The molecule has 0 bridgehead atoms. The van der Waals surface area contributed by atoms with Gasteiger partial charge in [-0.3, -0.25) is 9.69 Å². The van der Waals surface area contributed by atoms with Crippen LogP contribution in [0, 0.1) is 11.2 Å². The molecule has 1 heterocycles. The van der Waals surface area contributed by atoms with Gasteiger partial charge in [0.25, 0.3) is 0 Å². The summed E-state index contributed by atoms with van der Waals surface area (Å²) in [5.74, 6) is -0.944. The number of rotatable bonds is 4. The number of carbonyl (C=O) groups is 1. The molecule has 104 valence electrons. The van der Waals surface area contributed by atoms with Crippen LogP contribution in [0.5, 0.6) is 0 Å². The molecule has 0 aromatic heterocycles. The molecule has 2 rings (SSSR count). The first-order valence-electron chi connectivity index (χ1n) is 6.62. The highest BCUT2D eigenvalue weighted by Crippen LogP contribution is 2.31. The lowest BCUT2D eigenvalue weighted by atomic mass is 9.90. The van der Waals surface area contributed by atoms with Gasteiger partial charge in [-0.2, -0.15) is 0 Å². The molecule has 0 radical (unpaired) electrons. The zero-order valence-corrected chi connectivity index (χ0v) is 11.4. The number of benzene rings is 1. The first kappa shape index (κ1) is 14.0. The molecule has 1 aliphatic rings. The first-order chi connectivity index (χ1) is 8.90. The number of carboxylic acid groups (broad SMARTS) is 1. The monoisotopic (exact) mass is 265 g/mol. The van der Waals surface area contributed by atoms with Crippen LogP contribution in [0.1, 0.15) is 25.8 Å². The van der Waals surface area contributed by atoms with Gasteiger partial charge in [-0.15, -0.1) is 0 Å². The molecule has 0 saturated carbocycles. The minimum atomic E-state index is -0.719. The van der Waals surface area contributed by atoms with Crippen LogP contribution in [0.25, 0.3) is 0 Å². The van der Waals surface area contributed by atoms with Crippen molar-refractivity contribution in [1.29, 1.82) is 0 Å². The van der Waals surface area contributed by atoms with Gasteiger partial charge < -0.3 is 5.11 Å². The van der Waals surface area contributed by atoms with Crippen LogP contribution in [0.4, 0.5) is 4.39 Å². The lowest BCUT2D eigenvalue weighted by Gasteiger charge is -2.26. The van der Waals surface area contributed by atoms with Gasteiger partial charge in [0.05, 0.1) is 5.41 Å². The van der Waals surface area contributed by atoms with E-state index in [-0.39, 0.29) is 11.9 Å². The molecule has 4 heteroatoms. The van der Waals surface area contributed by atoms with Crippen LogP contribution in [-0.4, -0.2) is 35.1 Å². The van der Waals surface area contributed by atoms with Crippen molar-refractivity contribution in [2.45, 2.75) is 32.7 Å². The van der Waals surface area contributed by atoms with Crippen molar-refractivity contribution < 1.29 is 14.3 Å². The quantitative estimate of drug-likeness (QED) is 0.909. The molecular formula is C15H20FNO2. The summed E-state index contributed by atoms with van der Waals surface area (Å²) < 4.78 is 12.8. The van der Waals surface area contributed by atoms with E-state index in [4.69, 9.17) is 0 Å². The number of aliphatic carboxylic acids is 1. The number of nitrogens with zero attached hydrogens (tertiary/aromatic N) is 1. The van der Waals surface area contributed by atoms with E-state index in [1.165, 1.54) is 12.1 Å². The van der Waals surface area contributed by atoms with Gasteiger partial charge in [-0.25, -0.2) is 4.39 Å². The van der Waals surface area contributed by atoms with Crippen molar-refractivity contribution in [3.63, 3.8) is 0 Å². The fourth-order valence-electron chi connectivity index (χ4n) is 2.64. The Labute approximate surface area is 113 Å². The van der Waals surface area contributed by atoms with Crippen LogP contribution in [-0.2, 0) is 11.2 Å². The molecule has 1 aromatic rings. The third-order valence-corrected chi connectivity index (χ3v) is 4.09. The Morgan fingerprint density at radius 2 is 2.11 bits per heavy atom. The largest absolute Gasteiger partial charge is 0.481 e. The molecule has 0 amide bonds. The summed E-state index contributed by atoms with van der Waals surface area (Å²) in [6.45, 7) is 5.30. The lowest BCUT2D eigenvalue weighted by Crippen LogP contribution is -2.37. The topological polar surface area (TPSA) is 40.5 Å². The second-order valence-electron chi connectivity index (χ2n) is 5.77. The Morgan fingerprint density at radius 3 is 2.63 bits per heavy atom. The van der Waals surface area contributed by atoms with Crippen molar-refractivity contribution in [2.75, 3.05) is 13.1 Å². The zero-order chi connectivity index (χ0) is 14.0. The molecular weight excluding hydrogens is 245 g/mol. The molecule has 3 nitrogen and oxygen atoms in total. The maximum absolute atomic E-state index is 12.8. The number of hydrogen-bond acceptors (Lipinski definition) is 2. The maximum Gasteiger partial charge on any atom is 0.310 e. The van der Waals surface area contributed by atoms with Gasteiger partial charge in [0.15, 0.2) is 0 Å². The fraction of sp³-hybridized carbons (Fsp3) is 0.533. The summed E-state index contributed by atoms with van der Waals surface area (Å²) in [6.07, 6.45) is 1.51. The van der Waals surface area contributed by atoms with Crippen molar-refractivity contribution in [3.05, 3.63) is 35.6 Å². The first-order valence-corrected chi connectivity index (χ1v) is 6.62. The lowest BCUT2D eigenvalue weighted by molar-refractivity contribution is -0.147. The third kappa shape index (κ3) is 3.13. The van der Waals surface area contributed by atoms with Crippen LogP contribution in [0.15, 0.2) is 24.3 Å². The van der Waals surface area contributed by atoms with Crippen LogP contribution in [0.3, 0.4) is 0 Å². The molecule has 19 heavy (non-hydrogen) atoms. The van der Waals surface area contributed by atoms with E-state index in [1.54, 1.807) is 19.1 Å². The normalized spacial score (nSPS) is 25.4. The summed E-state index contributed by atoms with van der Waals surface area (Å²) in [5.41, 5.74) is 0.453. The van der Waals surface area contributed by atoms with Crippen molar-refractivity contribution >= 4 is 5.97 Å². The smallest absolute Gasteiger partial charge is 0.310 e. The van der Waals surface area contributed by atoms with Gasteiger partial charge in [0, 0.05) is 12.6 Å². The van der Waals surface area contributed by atoms with Crippen LogP contribution in [0.2, 0.25) is 0 Å². The van der Waals surface area contributed by atoms with E-state index in [2.05, 4.69) is 11.8 Å². The highest BCUT2D eigenvalue weighted by Gasteiger charge is 2.41. The minimum absolute atomic E-state index is 0.226. The molecule has 0 aliphatic carbocycles. The molecule has 2 atom stereocenters. The second kappa shape index (κ2) is 5.29. The standard InChI is InChI=1S/C15H20FNO2/c1-11(9-12-3-5-13(16)6-4-12)17-8-7-15(2,10-17)14(18)19/h3-6,11H,7-10H2,1-2H3,(H,18,19). The fourth-order valence-corrected chi connectivity index (χ4v) is 2.64. The van der Waals surface area contributed by atoms with Gasteiger partial charge >= 0.3 is 5.97 Å². The molecule has 1 saturated heterocycles. The predicted octanol–water partition coefficient (Wildman–Crippen LogP) is 2.55. The predicted molar refractivity (Wildman–Crippen MR) is 71.5 cm³/mol. The van der Waals surface area contributed by atoms with E-state index >= 15 is 0 Å². The second-order valence-corrected chi connectivity index (χ2v) is 5.77. The Hall–Kier alpha value is -1.42. The van der Waals surface area contributed by atoms with Gasteiger partial charge in [-0.1, -0.05) is 12.1 Å². The molecule has 1 N–H and O–H groups in total. The van der Waals surface area contributed by atoms with Crippen molar-refractivity contribution in [1.82, 2.24) is 4.90 Å². The van der Waals surface area contributed by atoms with Crippen molar-refractivity contribution in [2.24, 2.45) is 5.41 Å². The molecule has 0 spiro atoms. The van der Waals surface area contributed by atoms with E-state index < -0.39 is 11.4 Å². The Balaban J connectivity index is 1.96. The number of halogens is 1. The van der Waals surface area contributed by atoms with E-state index in [9.17, 15) is 14.3 Å². The zero-order valence-electron chi connectivity index (χ0n) is 11.4. The number of likely N-dealkylation sites (tertiary alicyclic amines) is 1.